The molecule has 1 unspecified atom stereocenters. The average molecular weight is 394 g/mol. The molecule has 0 radical (unpaired) electrons. The Morgan fingerprint density at radius 3 is 2.41 bits per heavy atom. The highest BCUT2D eigenvalue weighted by molar-refractivity contribution is 7.11. The first kappa shape index (κ1) is 20.1. The molecule has 0 spiro atoms. The molecule has 4 rings (SSSR count). The van der Waals surface area contributed by atoms with Gasteiger partial charge in [0.2, 0.25) is 11.8 Å². The van der Waals surface area contributed by atoms with Crippen LogP contribution in [0, 0.1) is 0 Å². The van der Waals surface area contributed by atoms with Gasteiger partial charge >= 0.3 is 0 Å². The predicted octanol–water partition coefficient (Wildman–Crippen LogP) is 2.54. The van der Waals surface area contributed by atoms with Crippen molar-refractivity contribution in [1.29, 1.82) is 0 Å². The maximum absolute atomic E-state index is 12.7. The van der Waals surface area contributed by atoms with E-state index >= 15 is 0 Å². The topological polar surface area (TPSA) is 64.1 Å². The molecule has 27 heavy (non-hydrogen) atoms. The van der Waals surface area contributed by atoms with Gasteiger partial charge in [0, 0.05) is 45.7 Å². The molecule has 1 saturated carbocycles. The summed E-state index contributed by atoms with van der Waals surface area (Å²) in [4.78, 5) is 30.7. The number of carbonyl (C=O) groups excluding carboxylic acids is 2. The standard InChI is InChI=1S/C16H27N3O2.C4H4OS/c1-13(20)19-10-3-7-15(19)16(21)18-9-4-8-17(11-12-18)14-5-2-6-14;5-4-2-1-3-6-4/h14-15H,2-12H2,1H3;1-3,5H. The Hall–Kier alpha value is -1.60. The Morgan fingerprint density at radius 1 is 1.04 bits per heavy atom. The summed E-state index contributed by atoms with van der Waals surface area (Å²) >= 11 is 1.33. The molecule has 6 nitrogen and oxygen atoms in total. The summed E-state index contributed by atoms with van der Waals surface area (Å²) in [5, 5.41) is 10.7. The van der Waals surface area contributed by atoms with Gasteiger partial charge in [-0.1, -0.05) is 6.42 Å². The van der Waals surface area contributed by atoms with E-state index < -0.39 is 0 Å². The first-order valence-corrected chi connectivity index (χ1v) is 11.0. The second-order valence-corrected chi connectivity index (χ2v) is 8.55. The van der Waals surface area contributed by atoms with E-state index in [4.69, 9.17) is 5.11 Å². The van der Waals surface area contributed by atoms with Crippen molar-refractivity contribution >= 4 is 23.2 Å². The van der Waals surface area contributed by atoms with Crippen molar-refractivity contribution in [3.63, 3.8) is 0 Å². The lowest BCUT2D eigenvalue weighted by atomic mass is 9.91. The van der Waals surface area contributed by atoms with Gasteiger partial charge in [0.05, 0.1) is 0 Å². The van der Waals surface area contributed by atoms with Gasteiger partial charge in [0.15, 0.2) is 5.06 Å². The van der Waals surface area contributed by atoms with E-state index in [9.17, 15) is 9.59 Å². The number of amides is 2. The van der Waals surface area contributed by atoms with Crippen molar-refractivity contribution < 1.29 is 14.7 Å². The van der Waals surface area contributed by atoms with E-state index in [1.807, 2.05) is 10.3 Å². The van der Waals surface area contributed by atoms with Crippen LogP contribution in [0.3, 0.4) is 0 Å². The monoisotopic (exact) mass is 393 g/mol. The van der Waals surface area contributed by atoms with Gasteiger partial charge in [-0.2, -0.15) is 0 Å². The smallest absolute Gasteiger partial charge is 0.245 e. The Balaban J connectivity index is 0.000000299. The molecule has 1 N–H and O–H groups in total. The van der Waals surface area contributed by atoms with Crippen molar-refractivity contribution in [2.75, 3.05) is 32.7 Å². The highest BCUT2D eigenvalue weighted by atomic mass is 32.1. The summed E-state index contributed by atoms with van der Waals surface area (Å²) < 4.78 is 0. The van der Waals surface area contributed by atoms with Crippen LogP contribution in [0.1, 0.15) is 45.4 Å². The van der Waals surface area contributed by atoms with Crippen LogP contribution < -0.4 is 0 Å². The van der Waals surface area contributed by atoms with Gasteiger partial charge in [0.1, 0.15) is 6.04 Å². The van der Waals surface area contributed by atoms with E-state index in [2.05, 4.69) is 4.90 Å². The van der Waals surface area contributed by atoms with Crippen molar-refractivity contribution in [2.45, 2.75) is 57.5 Å². The van der Waals surface area contributed by atoms with E-state index in [1.165, 1.54) is 30.6 Å². The van der Waals surface area contributed by atoms with Gasteiger partial charge in [-0.3, -0.25) is 14.5 Å². The summed E-state index contributed by atoms with van der Waals surface area (Å²) in [6.07, 6.45) is 6.87. The number of likely N-dealkylation sites (tertiary alicyclic amines) is 1. The van der Waals surface area contributed by atoms with Crippen LogP contribution in [-0.2, 0) is 9.59 Å². The lowest BCUT2D eigenvalue weighted by molar-refractivity contribution is -0.142. The Labute approximate surface area is 165 Å². The Bertz CT molecular complexity index is 618. The average Bonchev–Trinajstić information content (AvgIpc) is 3.21. The molecule has 1 aliphatic carbocycles. The molecule has 1 aromatic heterocycles. The van der Waals surface area contributed by atoms with Crippen molar-refractivity contribution in [3.8, 4) is 5.06 Å². The third-order valence-electron chi connectivity index (χ3n) is 5.88. The number of hydrogen-bond acceptors (Lipinski definition) is 5. The van der Waals surface area contributed by atoms with Crippen LogP contribution in [0.15, 0.2) is 17.5 Å². The summed E-state index contributed by atoms with van der Waals surface area (Å²) in [5.74, 6) is 0.218. The molecule has 2 aliphatic heterocycles. The summed E-state index contributed by atoms with van der Waals surface area (Å²) in [7, 11) is 0. The third-order valence-corrected chi connectivity index (χ3v) is 6.55. The molecule has 2 amide bonds. The van der Waals surface area contributed by atoms with E-state index in [0.717, 1.165) is 58.0 Å². The Morgan fingerprint density at radius 2 is 1.85 bits per heavy atom. The zero-order valence-electron chi connectivity index (χ0n) is 16.2. The van der Waals surface area contributed by atoms with Crippen molar-refractivity contribution in [2.24, 2.45) is 0 Å². The fraction of sp³-hybridized carbons (Fsp3) is 0.700. The highest BCUT2D eigenvalue weighted by Gasteiger charge is 2.36. The van der Waals surface area contributed by atoms with Gasteiger partial charge in [0.25, 0.3) is 0 Å². The van der Waals surface area contributed by atoms with Crippen LogP contribution in [0.25, 0.3) is 0 Å². The first-order chi connectivity index (χ1) is 13.1. The van der Waals surface area contributed by atoms with Gasteiger partial charge in [-0.25, -0.2) is 0 Å². The molecular formula is C20H31N3O3S. The molecular weight excluding hydrogens is 362 g/mol. The first-order valence-electron chi connectivity index (χ1n) is 10.1. The number of carbonyl (C=O) groups is 2. The minimum Gasteiger partial charge on any atom is -0.499 e. The minimum atomic E-state index is -0.197. The van der Waals surface area contributed by atoms with Crippen LogP contribution in [-0.4, -0.2) is 76.4 Å². The zero-order valence-corrected chi connectivity index (χ0v) is 17.0. The number of aromatic hydroxyl groups is 1. The molecule has 3 fully saturated rings. The second-order valence-electron chi connectivity index (χ2n) is 7.62. The quantitative estimate of drug-likeness (QED) is 0.839. The van der Waals surface area contributed by atoms with Crippen LogP contribution in [0.2, 0.25) is 0 Å². The molecule has 3 aliphatic rings. The van der Waals surface area contributed by atoms with Crippen LogP contribution in [0.4, 0.5) is 0 Å². The second kappa shape index (κ2) is 9.55. The maximum atomic E-state index is 12.7. The van der Waals surface area contributed by atoms with E-state index in [1.54, 1.807) is 24.0 Å². The number of thiophene rings is 1. The molecule has 150 valence electrons. The summed E-state index contributed by atoms with van der Waals surface area (Å²) in [5.41, 5.74) is 0. The fourth-order valence-electron chi connectivity index (χ4n) is 4.16. The van der Waals surface area contributed by atoms with Gasteiger partial charge in [-0.15, -0.1) is 11.3 Å². The Kier molecular flexibility index (Phi) is 7.13. The van der Waals surface area contributed by atoms with Gasteiger partial charge in [-0.05, 0) is 49.6 Å². The molecule has 1 aromatic rings. The molecule has 0 bridgehead atoms. The van der Waals surface area contributed by atoms with Gasteiger partial charge < -0.3 is 14.9 Å². The van der Waals surface area contributed by atoms with Crippen molar-refractivity contribution in [1.82, 2.24) is 14.7 Å². The fourth-order valence-corrected chi connectivity index (χ4v) is 4.61. The van der Waals surface area contributed by atoms with Crippen LogP contribution in [0.5, 0.6) is 5.06 Å². The number of hydrogen-bond donors (Lipinski definition) is 1. The third kappa shape index (κ3) is 5.23. The SMILES string of the molecule is CC(=O)N1CCCC1C(=O)N1CCCN(C2CCC2)CC1.Oc1cccs1. The normalized spacial score (nSPS) is 24.0. The lowest BCUT2D eigenvalue weighted by Gasteiger charge is -2.36. The maximum Gasteiger partial charge on any atom is 0.245 e. The highest BCUT2D eigenvalue weighted by Crippen LogP contribution is 2.26. The largest absolute Gasteiger partial charge is 0.499 e. The van der Waals surface area contributed by atoms with E-state index in [-0.39, 0.29) is 17.9 Å². The zero-order chi connectivity index (χ0) is 19.2. The molecule has 7 heteroatoms. The molecule has 2 saturated heterocycles. The number of nitrogens with zero attached hydrogens (tertiary/aromatic N) is 3. The summed E-state index contributed by atoms with van der Waals surface area (Å²) in [6.45, 7) is 6.13. The summed E-state index contributed by atoms with van der Waals surface area (Å²) in [6, 6.07) is 4.03. The molecule has 1 atom stereocenters. The minimum absolute atomic E-state index is 0.0387. The van der Waals surface area contributed by atoms with Crippen molar-refractivity contribution in [3.05, 3.63) is 17.5 Å². The predicted molar refractivity (Wildman–Crippen MR) is 107 cm³/mol. The number of rotatable bonds is 2. The lowest BCUT2D eigenvalue weighted by Crippen LogP contribution is -2.48. The molecule has 3 heterocycles. The van der Waals surface area contributed by atoms with Crippen LogP contribution >= 0.6 is 11.3 Å². The van der Waals surface area contributed by atoms with E-state index in [0.29, 0.717) is 5.06 Å². The molecule has 0 aromatic carbocycles.